The topological polar surface area (TPSA) is 86.6 Å². The highest BCUT2D eigenvalue weighted by atomic mass is 16.4. The number of carbonyl (C=O) groups excluding carboxylic acids is 1. The van der Waals surface area contributed by atoms with E-state index < -0.39 is 5.97 Å². The molecule has 1 aromatic rings. The Labute approximate surface area is 118 Å². The van der Waals surface area contributed by atoms with Gasteiger partial charge in [0.05, 0.1) is 18.1 Å². The number of hydrogen-bond donors (Lipinski definition) is 3. The molecule has 0 fully saturated rings. The Bertz CT molecular complexity index is 453. The molecule has 0 aliphatic heterocycles. The molecule has 0 aliphatic carbocycles. The lowest BCUT2D eigenvalue weighted by molar-refractivity contribution is -0.120. The van der Waals surface area contributed by atoms with Gasteiger partial charge in [-0.3, -0.25) is 4.79 Å². The van der Waals surface area contributed by atoms with E-state index in [1.54, 1.807) is 19.1 Å². The molecule has 1 amide bonds. The molecule has 0 radical (unpaired) electrons. The van der Waals surface area contributed by atoms with Crippen molar-refractivity contribution in [3.05, 3.63) is 35.4 Å². The number of aromatic carboxylic acids is 1. The number of aliphatic hydroxyl groups excluding tert-OH is 1. The van der Waals surface area contributed by atoms with Crippen LogP contribution in [0.3, 0.4) is 0 Å². The number of benzene rings is 1. The molecule has 0 aromatic heterocycles. The Morgan fingerprint density at radius 1 is 1.20 bits per heavy atom. The molecule has 0 spiro atoms. The average molecular weight is 279 g/mol. The number of carboxylic acids is 1. The summed E-state index contributed by atoms with van der Waals surface area (Å²) in [5, 5.41) is 20.8. The largest absolute Gasteiger partial charge is 0.478 e. The highest BCUT2D eigenvalue weighted by Crippen LogP contribution is 2.06. The second-order valence-electron chi connectivity index (χ2n) is 5.17. The summed E-state index contributed by atoms with van der Waals surface area (Å²) in [5.41, 5.74) is 0.982. The van der Waals surface area contributed by atoms with E-state index in [2.05, 4.69) is 5.32 Å². The first-order valence-electron chi connectivity index (χ1n) is 6.65. The van der Waals surface area contributed by atoms with Crippen molar-refractivity contribution in [1.82, 2.24) is 5.32 Å². The van der Waals surface area contributed by atoms with Crippen molar-refractivity contribution in [3.63, 3.8) is 0 Å². The van der Waals surface area contributed by atoms with Crippen LogP contribution in [0.15, 0.2) is 24.3 Å². The van der Waals surface area contributed by atoms with Crippen LogP contribution in [0.4, 0.5) is 0 Å². The summed E-state index contributed by atoms with van der Waals surface area (Å²) in [7, 11) is 0. The molecule has 20 heavy (non-hydrogen) atoms. The molecule has 0 saturated heterocycles. The summed E-state index contributed by atoms with van der Waals surface area (Å²) < 4.78 is 0. The number of rotatable bonds is 7. The van der Waals surface area contributed by atoms with Gasteiger partial charge in [0.25, 0.3) is 0 Å². The molecular formula is C15H21NO4. The maximum Gasteiger partial charge on any atom is 0.335 e. The van der Waals surface area contributed by atoms with Crippen LogP contribution in [0.25, 0.3) is 0 Å². The SMILES string of the molecule is CC(O)CC(C)CNC(=O)Cc1ccc(C(=O)O)cc1. The number of carbonyl (C=O) groups is 2. The molecule has 2 unspecified atom stereocenters. The van der Waals surface area contributed by atoms with Gasteiger partial charge in [-0.05, 0) is 37.0 Å². The van der Waals surface area contributed by atoms with Crippen LogP contribution in [0.2, 0.25) is 0 Å². The maximum atomic E-state index is 11.7. The molecule has 5 nitrogen and oxygen atoms in total. The van der Waals surface area contributed by atoms with Gasteiger partial charge in [0.1, 0.15) is 0 Å². The zero-order valence-corrected chi connectivity index (χ0v) is 11.8. The summed E-state index contributed by atoms with van der Waals surface area (Å²) in [6.45, 7) is 4.22. The van der Waals surface area contributed by atoms with Crippen LogP contribution in [0, 0.1) is 5.92 Å². The predicted molar refractivity (Wildman–Crippen MR) is 75.6 cm³/mol. The minimum atomic E-state index is -0.979. The fourth-order valence-electron chi connectivity index (χ4n) is 1.97. The van der Waals surface area contributed by atoms with Gasteiger partial charge in [-0.1, -0.05) is 19.1 Å². The van der Waals surface area contributed by atoms with E-state index >= 15 is 0 Å². The van der Waals surface area contributed by atoms with E-state index in [1.807, 2.05) is 6.92 Å². The zero-order chi connectivity index (χ0) is 15.1. The van der Waals surface area contributed by atoms with Gasteiger partial charge in [0, 0.05) is 6.54 Å². The van der Waals surface area contributed by atoms with E-state index in [0.29, 0.717) is 13.0 Å². The van der Waals surface area contributed by atoms with E-state index in [4.69, 9.17) is 5.11 Å². The first-order valence-corrected chi connectivity index (χ1v) is 6.65. The van der Waals surface area contributed by atoms with Crippen molar-refractivity contribution in [2.75, 3.05) is 6.54 Å². The molecule has 5 heteroatoms. The van der Waals surface area contributed by atoms with Gasteiger partial charge >= 0.3 is 5.97 Å². The van der Waals surface area contributed by atoms with Gasteiger partial charge in [-0.15, -0.1) is 0 Å². The second-order valence-corrected chi connectivity index (χ2v) is 5.17. The fourth-order valence-corrected chi connectivity index (χ4v) is 1.97. The summed E-state index contributed by atoms with van der Waals surface area (Å²) >= 11 is 0. The van der Waals surface area contributed by atoms with E-state index in [-0.39, 0.29) is 29.9 Å². The molecule has 0 saturated carbocycles. The van der Waals surface area contributed by atoms with Gasteiger partial charge in [-0.25, -0.2) is 4.79 Å². The molecule has 0 aliphatic rings. The minimum Gasteiger partial charge on any atom is -0.478 e. The van der Waals surface area contributed by atoms with Gasteiger partial charge in [-0.2, -0.15) is 0 Å². The van der Waals surface area contributed by atoms with Crippen molar-refractivity contribution in [3.8, 4) is 0 Å². The Morgan fingerprint density at radius 3 is 2.30 bits per heavy atom. The minimum absolute atomic E-state index is 0.106. The normalized spacial score (nSPS) is 13.6. The lowest BCUT2D eigenvalue weighted by Crippen LogP contribution is -2.30. The van der Waals surface area contributed by atoms with Crippen molar-refractivity contribution in [2.45, 2.75) is 32.8 Å². The number of carboxylic acid groups (broad SMARTS) is 1. The third-order valence-electron chi connectivity index (χ3n) is 2.96. The lowest BCUT2D eigenvalue weighted by atomic mass is 10.0. The van der Waals surface area contributed by atoms with Crippen molar-refractivity contribution >= 4 is 11.9 Å². The van der Waals surface area contributed by atoms with Crippen LogP contribution in [0.1, 0.15) is 36.2 Å². The lowest BCUT2D eigenvalue weighted by Gasteiger charge is -2.14. The average Bonchev–Trinajstić information content (AvgIpc) is 2.36. The van der Waals surface area contributed by atoms with E-state index in [9.17, 15) is 14.7 Å². The molecule has 1 aromatic carbocycles. The van der Waals surface area contributed by atoms with Crippen molar-refractivity contribution in [2.24, 2.45) is 5.92 Å². The Balaban J connectivity index is 2.40. The summed E-state index contributed by atoms with van der Waals surface area (Å²) in [5.74, 6) is -0.869. The van der Waals surface area contributed by atoms with Gasteiger partial charge in [0.2, 0.25) is 5.91 Å². The molecule has 2 atom stereocenters. The third-order valence-corrected chi connectivity index (χ3v) is 2.96. The number of hydrogen-bond acceptors (Lipinski definition) is 3. The number of aliphatic hydroxyl groups is 1. The Hall–Kier alpha value is -1.88. The Morgan fingerprint density at radius 2 is 1.80 bits per heavy atom. The standard InChI is InChI=1S/C15H21NO4/c1-10(7-11(2)17)9-16-14(18)8-12-3-5-13(6-4-12)15(19)20/h3-6,10-11,17H,7-9H2,1-2H3,(H,16,18)(H,19,20). The van der Waals surface area contributed by atoms with Crippen LogP contribution in [-0.4, -0.2) is 34.7 Å². The Kier molecular flexibility index (Phi) is 6.18. The maximum absolute atomic E-state index is 11.7. The first-order chi connectivity index (χ1) is 9.38. The van der Waals surface area contributed by atoms with Crippen molar-refractivity contribution in [1.29, 1.82) is 0 Å². The van der Waals surface area contributed by atoms with Gasteiger partial charge < -0.3 is 15.5 Å². The van der Waals surface area contributed by atoms with E-state index in [1.165, 1.54) is 12.1 Å². The van der Waals surface area contributed by atoms with E-state index in [0.717, 1.165) is 5.56 Å². The number of nitrogens with one attached hydrogen (secondary N) is 1. The predicted octanol–water partition coefficient (Wildman–Crippen LogP) is 1.45. The molecule has 3 N–H and O–H groups in total. The third kappa shape index (κ3) is 5.84. The summed E-state index contributed by atoms with van der Waals surface area (Å²) in [6, 6.07) is 6.26. The van der Waals surface area contributed by atoms with Crippen LogP contribution in [0.5, 0.6) is 0 Å². The van der Waals surface area contributed by atoms with Crippen LogP contribution >= 0.6 is 0 Å². The highest BCUT2D eigenvalue weighted by molar-refractivity contribution is 5.87. The molecular weight excluding hydrogens is 258 g/mol. The fraction of sp³-hybridized carbons (Fsp3) is 0.467. The monoisotopic (exact) mass is 279 g/mol. The molecule has 0 heterocycles. The zero-order valence-electron chi connectivity index (χ0n) is 11.8. The van der Waals surface area contributed by atoms with Crippen molar-refractivity contribution < 1.29 is 19.8 Å². The second kappa shape index (κ2) is 7.65. The molecule has 110 valence electrons. The smallest absolute Gasteiger partial charge is 0.335 e. The molecule has 1 rings (SSSR count). The molecule has 0 bridgehead atoms. The quantitative estimate of drug-likeness (QED) is 0.705. The van der Waals surface area contributed by atoms with Crippen LogP contribution in [-0.2, 0) is 11.2 Å². The van der Waals surface area contributed by atoms with Gasteiger partial charge in [0.15, 0.2) is 0 Å². The highest BCUT2D eigenvalue weighted by Gasteiger charge is 2.09. The van der Waals surface area contributed by atoms with Crippen LogP contribution < -0.4 is 5.32 Å². The number of amides is 1. The summed E-state index contributed by atoms with van der Waals surface area (Å²) in [4.78, 5) is 22.4. The summed E-state index contributed by atoms with van der Waals surface area (Å²) in [6.07, 6.45) is 0.500. The first kappa shape index (κ1) is 16.2.